The van der Waals surface area contributed by atoms with Gasteiger partial charge in [0.25, 0.3) is 0 Å². The first-order chi connectivity index (χ1) is 5.77. The van der Waals surface area contributed by atoms with Crippen molar-refractivity contribution in [3.8, 4) is 0 Å². The molecule has 1 unspecified atom stereocenters. The third kappa shape index (κ3) is 1.95. The summed E-state index contributed by atoms with van der Waals surface area (Å²) in [7, 11) is 1.94. The molecule has 1 N–H and O–H groups in total. The summed E-state index contributed by atoms with van der Waals surface area (Å²) in [6.45, 7) is 5.87. The molecule has 0 aromatic heterocycles. The SMILES string of the molecule is C=CC(NC)c1cccc(C)c1. The van der Waals surface area contributed by atoms with Gasteiger partial charge in [0.05, 0.1) is 6.04 Å². The van der Waals surface area contributed by atoms with Crippen molar-refractivity contribution in [2.75, 3.05) is 7.05 Å². The van der Waals surface area contributed by atoms with Crippen LogP contribution in [0.1, 0.15) is 17.2 Å². The van der Waals surface area contributed by atoms with Crippen LogP contribution in [0.5, 0.6) is 0 Å². The van der Waals surface area contributed by atoms with E-state index in [9.17, 15) is 0 Å². The summed E-state index contributed by atoms with van der Waals surface area (Å²) in [5.74, 6) is 0. The summed E-state index contributed by atoms with van der Waals surface area (Å²) >= 11 is 0. The van der Waals surface area contributed by atoms with Crippen LogP contribution in [0.2, 0.25) is 0 Å². The molecule has 1 nitrogen and oxygen atoms in total. The largest absolute Gasteiger partial charge is 0.310 e. The van der Waals surface area contributed by atoms with Crippen LogP contribution in [-0.2, 0) is 0 Å². The molecule has 0 saturated heterocycles. The first-order valence-corrected chi connectivity index (χ1v) is 4.14. The van der Waals surface area contributed by atoms with Crippen molar-refractivity contribution >= 4 is 0 Å². The van der Waals surface area contributed by atoms with E-state index in [4.69, 9.17) is 0 Å². The third-order valence-electron chi connectivity index (χ3n) is 1.95. The Hall–Kier alpha value is -1.08. The molecule has 0 saturated carbocycles. The zero-order valence-corrected chi connectivity index (χ0v) is 7.67. The lowest BCUT2D eigenvalue weighted by molar-refractivity contribution is 0.716. The van der Waals surface area contributed by atoms with Gasteiger partial charge in [-0.05, 0) is 19.5 Å². The fraction of sp³-hybridized carbons (Fsp3) is 0.273. The summed E-state index contributed by atoms with van der Waals surface area (Å²) in [4.78, 5) is 0. The molecule has 1 rings (SSSR count). The Labute approximate surface area is 74.1 Å². The summed E-state index contributed by atoms with van der Waals surface area (Å²) in [5.41, 5.74) is 2.56. The second-order valence-corrected chi connectivity index (χ2v) is 2.92. The topological polar surface area (TPSA) is 12.0 Å². The van der Waals surface area contributed by atoms with Gasteiger partial charge >= 0.3 is 0 Å². The highest BCUT2D eigenvalue weighted by Gasteiger charge is 2.02. The molecule has 1 atom stereocenters. The van der Waals surface area contributed by atoms with Gasteiger partial charge in [-0.15, -0.1) is 6.58 Å². The number of rotatable bonds is 3. The number of nitrogens with one attached hydrogen (secondary N) is 1. The summed E-state index contributed by atoms with van der Waals surface area (Å²) in [5, 5.41) is 3.18. The predicted molar refractivity (Wildman–Crippen MR) is 53.2 cm³/mol. The molecule has 0 bridgehead atoms. The van der Waals surface area contributed by atoms with Crippen LogP contribution in [0, 0.1) is 6.92 Å². The predicted octanol–water partition coefficient (Wildman–Crippen LogP) is 2.44. The van der Waals surface area contributed by atoms with Gasteiger partial charge in [0.2, 0.25) is 0 Å². The Bertz CT molecular complexity index is 265. The molecule has 1 aromatic rings. The van der Waals surface area contributed by atoms with Gasteiger partial charge < -0.3 is 5.32 Å². The van der Waals surface area contributed by atoms with Gasteiger partial charge in [0.15, 0.2) is 0 Å². The standard InChI is InChI=1S/C11H15N/c1-4-11(12-3)10-7-5-6-9(2)8-10/h4-8,11-12H,1H2,2-3H3. The minimum Gasteiger partial charge on any atom is -0.310 e. The normalized spacial score (nSPS) is 12.5. The monoisotopic (exact) mass is 161 g/mol. The summed E-state index contributed by atoms with van der Waals surface area (Å²) < 4.78 is 0. The van der Waals surface area contributed by atoms with Crippen molar-refractivity contribution in [3.63, 3.8) is 0 Å². The minimum atomic E-state index is 0.268. The van der Waals surface area contributed by atoms with E-state index in [1.54, 1.807) is 0 Å². The summed E-state index contributed by atoms with van der Waals surface area (Å²) in [6.07, 6.45) is 1.91. The molecule has 1 aromatic carbocycles. The molecule has 1 heteroatoms. The lowest BCUT2D eigenvalue weighted by atomic mass is 10.1. The maximum atomic E-state index is 3.78. The highest BCUT2D eigenvalue weighted by atomic mass is 14.9. The van der Waals surface area contributed by atoms with Crippen LogP contribution in [0.15, 0.2) is 36.9 Å². The maximum Gasteiger partial charge on any atom is 0.0501 e. The molecule has 0 heterocycles. The highest BCUT2D eigenvalue weighted by molar-refractivity contribution is 5.27. The van der Waals surface area contributed by atoms with Crippen LogP contribution in [-0.4, -0.2) is 7.05 Å². The Kier molecular flexibility index (Phi) is 3.06. The number of benzene rings is 1. The summed E-state index contributed by atoms with van der Waals surface area (Å²) in [6, 6.07) is 8.71. The molecular formula is C11H15N. The Morgan fingerprint density at radius 3 is 2.75 bits per heavy atom. The highest BCUT2D eigenvalue weighted by Crippen LogP contribution is 2.14. The number of aryl methyl sites for hydroxylation is 1. The molecule has 0 aliphatic carbocycles. The van der Waals surface area contributed by atoms with Crippen molar-refractivity contribution in [2.24, 2.45) is 0 Å². The van der Waals surface area contributed by atoms with Gasteiger partial charge in [-0.1, -0.05) is 35.9 Å². The first-order valence-electron chi connectivity index (χ1n) is 4.14. The van der Waals surface area contributed by atoms with Gasteiger partial charge in [0, 0.05) is 0 Å². The van der Waals surface area contributed by atoms with E-state index in [2.05, 4.69) is 43.1 Å². The molecule has 64 valence electrons. The number of hydrogen-bond donors (Lipinski definition) is 1. The zero-order valence-electron chi connectivity index (χ0n) is 7.67. The second kappa shape index (κ2) is 4.07. The fourth-order valence-corrected chi connectivity index (χ4v) is 1.28. The average Bonchev–Trinajstić information content (AvgIpc) is 2.07. The van der Waals surface area contributed by atoms with Crippen LogP contribution in [0.25, 0.3) is 0 Å². The maximum absolute atomic E-state index is 3.78. The van der Waals surface area contributed by atoms with Crippen molar-refractivity contribution in [2.45, 2.75) is 13.0 Å². The molecular weight excluding hydrogens is 146 g/mol. The van der Waals surface area contributed by atoms with Crippen LogP contribution in [0.3, 0.4) is 0 Å². The molecule has 0 aliphatic rings. The van der Waals surface area contributed by atoms with E-state index in [-0.39, 0.29) is 6.04 Å². The average molecular weight is 161 g/mol. The molecule has 0 spiro atoms. The molecule has 0 aliphatic heterocycles. The molecule has 0 fully saturated rings. The first kappa shape index (κ1) is 9.01. The fourth-order valence-electron chi connectivity index (χ4n) is 1.28. The Morgan fingerprint density at radius 2 is 2.25 bits per heavy atom. The van der Waals surface area contributed by atoms with Crippen LogP contribution < -0.4 is 5.32 Å². The van der Waals surface area contributed by atoms with E-state index in [1.807, 2.05) is 13.1 Å². The zero-order chi connectivity index (χ0) is 8.97. The minimum absolute atomic E-state index is 0.268. The molecule has 12 heavy (non-hydrogen) atoms. The van der Waals surface area contributed by atoms with Crippen molar-refractivity contribution in [1.82, 2.24) is 5.32 Å². The number of likely N-dealkylation sites (N-methyl/N-ethyl adjacent to an activating group) is 1. The second-order valence-electron chi connectivity index (χ2n) is 2.92. The van der Waals surface area contributed by atoms with Gasteiger partial charge in [0.1, 0.15) is 0 Å². The Balaban J connectivity index is 2.93. The van der Waals surface area contributed by atoms with Gasteiger partial charge in [-0.25, -0.2) is 0 Å². The van der Waals surface area contributed by atoms with E-state index in [0.29, 0.717) is 0 Å². The van der Waals surface area contributed by atoms with E-state index in [1.165, 1.54) is 11.1 Å². The van der Waals surface area contributed by atoms with E-state index >= 15 is 0 Å². The quantitative estimate of drug-likeness (QED) is 0.671. The van der Waals surface area contributed by atoms with Gasteiger partial charge in [-0.3, -0.25) is 0 Å². The smallest absolute Gasteiger partial charge is 0.0501 e. The lowest BCUT2D eigenvalue weighted by Crippen LogP contribution is -2.13. The lowest BCUT2D eigenvalue weighted by Gasteiger charge is -2.11. The third-order valence-corrected chi connectivity index (χ3v) is 1.95. The van der Waals surface area contributed by atoms with E-state index in [0.717, 1.165) is 0 Å². The van der Waals surface area contributed by atoms with Crippen molar-refractivity contribution in [3.05, 3.63) is 48.0 Å². The van der Waals surface area contributed by atoms with Crippen molar-refractivity contribution < 1.29 is 0 Å². The van der Waals surface area contributed by atoms with Crippen LogP contribution >= 0.6 is 0 Å². The van der Waals surface area contributed by atoms with E-state index < -0.39 is 0 Å². The van der Waals surface area contributed by atoms with Crippen LogP contribution in [0.4, 0.5) is 0 Å². The molecule has 0 radical (unpaired) electrons. The van der Waals surface area contributed by atoms with Gasteiger partial charge in [-0.2, -0.15) is 0 Å². The van der Waals surface area contributed by atoms with Crippen molar-refractivity contribution in [1.29, 1.82) is 0 Å². The molecule has 0 amide bonds. The number of hydrogen-bond acceptors (Lipinski definition) is 1. The Morgan fingerprint density at radius 1 is 1.50 bits per heavy atom.